The Labute approximate surface area is 99.7 Å². The number of carbonyl (C=O) groups excluding carboxylic acids is 1. The average molecular weight is 240 g/mol. The highest BCUT2D eigenvalue weighted by atomic mass is 35.5. The first-order valence-corrected chi connectivity index (χ1v) is 5.32. The Morgan fingerprint density at radius 3 is 3.00 bits per heavy atom. The number of nitrogens with zero attached hydrogens (tertiary/aromatic N) is 1. The van der Waals surface area contributed by atoms with Gasteiger partial charge in [-0.25, -0.2) is 0 Å². The Balaban J connectivity index is 2.70. The van der Waals surface area contributed by atoms with Crippen molar-refractivity contribution in [2.24, 2.45) is 0 Å². The molecule has 2 N–H and O–H groups in total. The summed E-state index contributed by atoms with van der Waals surface area (Å²) in [5, 5.41) is 6.22. The number of amides is 1. The summed E-state index contributed by atoms with van der Waals surface area (Å²) in [5.41, 5.74) is 1.17. The molecule has 0 fully saturated rings. The molecule has 0 saturated carbocycles. The first-order chi connectivity index (χ1) is 7.63. The summed E-state index contributed by atoms with van der Waals surface area (Å²) in [6, 6.07) is 3.44. The molecule has 0 aliphatic carbocycles. The molecule has 1 amide bonds. The van der Waals surface area contributed by atoms with Crippen LogP contribution in [0.2, 0.25) is 0 Å². The van der Waals surface area contributed by atoms with Crippen LogP contribution in [0.25, 0.3) is 0 Å². The van der Waals surface area contributed by atoms with E-state index >= 15 is 0 Å². The molecule has 4 nitrogen and oxygen atoms in total. The standard InChI is InChI=1S/C11H14ClN3O/c1-3-13-11(16)10-6-9(4-5-14-10)15-7-8(2)12/h4-6H,2-3,7H2,1H3,(H,13,16)(H,14,15). The fraction of sp³-hybridized carbons (Fsp3) is 0.273. The van der Waals surface area contributed by atoms with Crippen molar-refractivity contribution in [2.75, 3.05) is 18.4 Å². The molecule has 0 aromatic carbocycles. The third kappa shape index (κ3) is 3.90. The number of pyridine rings is 1. The Morgan fingerprint density at radius 1 is 1.62 bits per heavy atom. The van der Waals surface area contributed by atoms with E-state index in [1.54, 1.807) is 18.3 Å². The van der Waals surface area contributed by atoms with Gasteiger partial charge >= 0.3 is 0 Å². The predicted octanol–water partition coefficient (Wildman–Crippen LogP) is 2.00. The third-order valence-corrected chi connectivity index (χ3v) is 1.95. The summed E-state index contributed by atoms with van der Waals surface area (Å²) in [5.74, 6) is -0.184. The maximum absolute atomic E-state index is 11.5. The van der Waals surface area contributed by atoms with Gasteiger partial charge < -0.3 is 10.6 Å². The van der Waals surface area contributed by atoms with Crippen molar-refractivity contribution in [1.82, 2.24) is 10.3 Å². The van der Waals surface area contributed by atoms with Gasteiger partial charge in [-0.05, 0) is 19.1 Å². The van der Waals surface area contributed by atoms with Gasteiger partial charge in [0.2, 0.25) is 0 Å². The molecule has 0 spiro atoms. The van der Waals surface area contributed by atoms with E-state index < -0.39 is 0 Å². The van der Waals surface area contributed by atoms with Crippen molar-refractivity contribution >= 4 is 23.2 Å². The molecule has 1 heterocycles. The Bertz CT molecular complexity index is 393. The lowest BCUT2D eigenvalue weighted by molar-refractivity contribution is 0.0951. The van der Waals surface area contributed by atoms with Gasteiger partial charge in [-0.15, -0.1) is 0 Å². The lowest BCUT2D eigenvalue weighted by Gasteiger charge is -2.06. The third-order valence-electron chi connectivity index (χ3n) is 1.81. The molecule has 5 heteroatoms. The summed E-state index contributed by atoms with van der Waals surface area (Å²) in [4.78, 5) is 15.5. The lowest BCUT2D eigenvalue weighted by atomic mass is 10.3. The summed E-state index contributed by atoms with van der Waals surface area (Å²) in [6.07, 6.45) is 1.57. The molecule has 0 bridgehead atoms. The van der Waals surface area contributed by atoms with Gasteiger partial charge in [-0.3, -0.25) is 9.78 Å². The Morgan fingerprint density at radius 2 is 2.38 bits per heavy atom. The van der Waals surface area contributed by atoms with Crippen molar-refractivity contribution < 1.29 is 4.79 Å². The number of rotatable bonds is 5. The van der Waals surface area contributed by atoms with Crippen molar-refractivity contribution in [1.29, 1.82) is 0 Å². The second-order valence-electron chi connectivity index (χ2n) is 3.16. The summed E-state index contributed by atoms with van der Waals surface area (Å²) in [6.45, 7) is 6.46. The molecule has 1 rings (SSSR count). The summed E-state index contributed by atoms with van der Waals surface area (Å²) in [7, 11) is 0. The lowest BCUT2D eigenvalue weighted by Crippen LogP contribution is -2.23. The van der Waals surface area contributed by atoms with Crippen LogP contribution in [-0.4, -0.2) is 24.0 Å². The fourth-order valence-electron chi connectivity index (χ4n) is 1.11. The highest BCUT2D eigenvalue weighted by Crippen LogP contribution is 2.09. The molecule has 86 valence electrons. The van der Waals surface area contributed by atoms with Gasteiger partial charge in [0.15, 0.2) is 0 Å². The number of hydrogen-bond donors (Lipinski definition) is 2. The van der Waals surface area contributed by atoms with Gasteiger partial charge in [-0.2, -0.15) is 0 Å². The molecule has 1 aromatic heterocycles. The zero-order valence-electron chi connectivity index (χ0n) is 9.09. The number of carbonyl (C=O) groups is 1. The van der Waals surface area contributed by atoms with Crippen molar-refractivity contribution in [3.8, 4) is 0 Å². The van der Waals surface area contributed by atoms with Crippen LogP contribution in [0.1, 0.15) is 17.4 Å². The van der Waals surface area contributed by atoms with Crippen molar-refractivity contribution in [2.45, 2.75) is 6.92 Å². The second kappa shape index (κ2) is 6.12. The quantitative estimate of drug-likeness (QED) is 0.826. The van der Waals surface area contributed by atoms with E-state index in [9.17, 15) is 4.79 Å². The maximum atomic E-state index is 11.5. The van der Waals surface area contributed by atoms with Crippen LogP contribution in [0.5, 0.6) is 0 Å². The molecule has 0 aliphatic heterocycles. The summed E-state index contributed by atoms with van der Waals surface area (Å²) >= 11 is 5.63. The molecule has 16 heavy (non-hydrogen) atoms. The zero-order valence-corrected chi connectivity index (χ0v) is 9.84. The Kier molecular flexibility index (Phi) is 4.79. The van der Waals surface area contributed by atoms with Crippen LogP contribution in [0.4, 0.5) is 5.69 Å². The predicted molar refractivity (Wildman–Crippen MR) is 65.7 cm³/mol. The molecule has 0 unspecified atom stereocenters. The van der Waals surface area contributed by atoms with Crippen molar-refractivity contribution in [3.05, 3.63) is 35.6 Å². The van der Waals surface area contributed by atoms with E-state index in [0.29, 0.717) is 23.8 Å². The fourth-order valence-corrected chi connectivity index (χ4v) is 1.18. The first-order valence-electron chi connectivity index (χ1n) is 4.95. The van der Waals surface area contributed by atoms with Gasteiger partial charge in [-0.1, -0.05) is 18.2 Å². The minimum absolute atomic E-state index is 0.184. The van der Waals surface area contributed by atoms with Crippen LogP contribution < -0.4 is 10.6 Å². The number of hydrogen-bond acceptors (Lipinski definition) is 3. The average Bonchev–Trinajstić information content (AvgIpc) is 2.27. The minimum atomic E-state index is -0.184. The van der Waals surface area contributed by atoms with Gasteiger partial charge in [0.1, 0.15) is 5.69 Å². The van der Waals surface area contributed by atoms with Crippen LogP contribution >= 0.6 is 11.6 Å². The zero-order chi connectivity index (χ0) is 12.0. The van der Waals surface area contributed by atoms with E-state index in [2.05, 4.69) is 22.2 Å². The topological polar surface area (TPSA) is 54.0 Å². The molecule has 0 aliphatic rings. The van der Waals surface area contributed by atoms with Crippen LogP contribution in [0, 0.1) is 0 Å². The van der Waals surface area contributed by atoms with Gasteiger partial charge in [0.05, 0.1) is 6.54 Å². The second-order valence-corrected chi connectivity index (χ2v) is 3.69. The monoisotopic (exact) mass is 239 g/mol. The maximum Gasteiger partial charge on any atom is 0.269 e. The van der Waals surface area contributed by atoms with E-state index in [1.807, 2.05) is 6.92 Å². The highest BCUT2D eigenvalue weighted by molar-refractivity contribution is 6.29. The Hall–Kier alpha value is -1.55. The SMILES string of the molecule is C=C(Cl)CNc1ccnc(C(=O)NCC)c1. The highest BCUT2D eigenvalue weighted by Gasteiger charge is 2.05. The van der Waals surface area contributed by atoms with E-state index in [1.165, 1.54) is 0 Å². The van der Waals surface area contributed by atoms with E-state index in [-0.39, 0.29) is 5.91 Å². The molecule has 0 radical (unpaired) electrons. The molecule has 1 aromatic rings. The molecule has 0 atom stereocenters. The van der Waals surface area contributed by atoms with Gasteiger partial charge in [0, 0.05) is 23.5 Å². The first kappa shape index (κ1) is 12.5. The molecular formula is C11H14ClN3O. The largest absolute Gasteiger partial charge is 0.380 e. The minimum Gasteiger partial charge on any atom is -0.380 e. The number of anilines is 1. The van der Waals surface area contributed by atoms with Crippen molar-refractivity contribution in [3.63, 3.8) is 0 Å². The van der Waals surface area contributed by atoms with Crippen LogP contribution in [0.3, 0.4) is 0 Å². The number of aromatic nitrogens is 1. The van der Waals surface area contributed by atoms with Crippen LogP contribution in [0.15, 0.2) is 29.9 Å². The molecular weight excluding hydrogens is 226 g/mol. The van der Waals surface area contributed by atoms with Crippen LogP contribution in [-0.2, 0) is 0 Å². The van der Waals surface area contributed by atoms with E-state index in [4.69, 9.17) is 11.6 Å². The number of halogens is 1. The number of nitrogens with one attached hydrogen (secondary N) is 2. The normalized spacial score (nSPS) is 9.62. The molecule has 0 saturated heterocycles. The van der Waals surface area contributed by atoms with E-state index in [0.717, 1.165) is 5.69 Å². The smallest absolute Gasteiger partial charge is 0.269 e. The van der Waals surface area contributed by atoms with Gasteiger partial charge in [0.25, 0.3) is 5.91 Å². The summed E-state index contributed by atoms with van der Waals surface area (Å²) < 4.78 is 0.